The summed E-state index contributed by atoms with van der Waals surface area (Å²) in [6.07, 6.45) is 22.7. The number of ketones is 3. The molecule has 14 heteroatoms. The zero-order chi connectivity index (χ0) is 61.2. The maximum absolute atomic E-state index is 11.4. The molecule has 0 heterocycles. The Morgan fingerprint density at radius 2 is 0.771 bits per heavy atom. The third-order valence-corrected chi connectivity index (χ3v) is 13.5. The minimum absolute atomic E-state index is 0.0605. The van der Waals surface area contributed by atoms with Crippen molar-refractivity contribution in [2.45, 2.75) is 183 Å². The number of ether oxygens (including phenoxy) is 9. The van der Waals surface area contributed by atoms with E-state index in [9.17, 15) is 14.4 Å². The molecule has 3 rings (SSSR count). The zero-order valence-corrected chi connectivity index (χ0v) is 54.2. The summed E-state index contributed by atoms with van der Waals surface area (Å²) in [6.45, 7) is 27.9. The van der Waals surface area contributed by atoms with Crippen molar-refractivity contribution in [2.75, 3.05) is 99.6 Å². The van der Waals surface area contributed by atoms with Crippen LogP contribution in [0.15, 0.2) is 79.4 Å². The van der Waals surface area contributed by atoms with Crippen LogP contribution in [-0.2, 0) is 49.1 Å². The number of carbonyl (C=O) groups is 3. The summed E-state index contributed by atoms with van der Waals surface area (Å²) in [5.41, 5.74) is 5.54. The molecule has 0 aliphatic heterocycles. The average molecular weight is 1200 g/mol. The molecule has 0 N–H and O–H groups in total. The molecule has 0 spiro atoms. The van der Waals surface area contributed by atoms with Crippen LogP contribution in [0.1, 0.15) is 224 Å². The highest BCUT2D eigenvalue weighted by Crippen LogP contribution is 2.25. The Kier molecular flexibility index (Phi) is 55.9. The number of methoxy groups -OCH3 is 1. The number of rotatable bonds is 50. The van der Waals surface area contributed by atoms with E-state index >= 15 is 0 Å². The summed E-state index contributed by atoms with van der Waals surface area (Å²) in [5.74, 6) is 1.72. The summed E-state index contributed by atoms with van der Waals surface area (Å²) in [4.78, 5) is 33.8. The van der Waals surface area contributed by atoms with Crippen molar-refractivity contribution in [1.29, 1.82) is 0 Å². The molecule has 3 aromatic carbocycles. The third kappa shape index (κ3) is 48.1. The van der Waals surface area contributed by atoms with Gasteiger partial charge in [0.05, 0.1) is 19.8 Å². The van der Waals surface area contributed by atoms with Crippen LogP contribution in [0.25, 0.3) is 5.76 Å². The van der Waals surface area contributed by atoms with Crippen molar-refractivity contribution in [2.24, 2.45) is 5.92 Å². The van der Waals surface area contributed by atoms with Gasteiger partial charge >= 0.3 is 12.1 Å². The summed E-state index contributed by atoms with van der Waals surface area (Å²) in [5, 5.41) is 0. The summed E-state index contributed by atoms with van der Waals surface area (Å²) >= 11 is 10.6. The van der Waals surface area contributed by atoms with Crippen molar-refractivity contribution in [3.8, 4) is 0 Å². The van der Waals surface area contributed by atoms with Gasteiger partial charge in [0.2, 0.25) is 0 Å². The van der Waals surface area contributed by atoms with Crippen LogP contribution in [0, 0.1) is 18.1 Å². The maximum Gasteiger partial charge on any atom is 0.335 e. The number of carbonyl (C=O) groups excluding carboxylic acids is 3. The average Bonchev–Trinajstić information content (AvgIpc) is 3.49. The third-order valence-electron chi connectivity index (χ3n) is 13.3. The fraction of sp³-hybridized carbons (Fsp3) is 0.638. The van der Waals surface area contributed by atoms with Gasteiger partial charge in [-0.3, -0.25) is 14.4 Å². The lowest BCUT2D eigenvalue weighted by Crippen LogP contribution is -2.15. The van der Waals surface area contributed by atoms with Crippen molar-refractivity contribution in [3.63, 3.8) is 0 Å². The highest BCUT2D eigenvalue weighted by atomic mass is 35.5. The molecule has 3 aromatic rings. The zero-order valence-electron chi connectivity index (χ0n) is 52.6. The highest BCUT2D eigenvalue weighted by Gasteiger charge is 2.17. The lowest BCUT2D eigenvalue weighted by molar-refractivity contribution is 0.0867. The molecule has 0 aromatic heterocycles. The van der Waals surface area contributed by atoms with Crippen LogP contribution < -0.4 is 0 Å². The lowest BCUT2D eigenvalue weighted by Gasteiger charge is -2.21. The van der Waals surface area contributed by atoms with Crippen LogP contribution in [0.5, 0.6) is 0 Å². The fourth-order valence-corrected chi connectivity index (χ4v) is 8.17. The standard InChI is InChI=1S/C22H34ClO4.C19H28ClO4.C19H28O4.C9H20/c1-18(2)22(21-10-8-20(9-11-21)19(3)24)16-26-14-6-4-12-25-13-5-7-15-27-17-23;1-17(21)19-8-6-18(7-9-19)10-15-23-13-3-2-11-22-12-4-5-14-24-16-20;1-16(20)18-8-10-19(11-9-18)17(2)23-15-7-6-14-22-13-5-4-12-21-3;1-3-5-7-9-8-6-4-2/h8-11,17-18,22H,4-7,12-16H2,1-3H3;6-9,16H,2-5,10-15H2,1H3;8-11H,2,4-7,12-15H2,1,3H3;3-9H2,1-2H3/q2*+1;;. The van der Waals surface area contributed by atoms with Crippen LogP contribution in [0.2, 0.25) is 0 Å². The molecule has 12 nitrogen and oxygen atoms in total. The molecule has 470 valence electrons. The Hall–Kier alpha value is -3.79. The molecule has 0 saturated heterocycles. The first-order valence-corrected chi connectivity index (χ1v) is 31.8. The van der Waals surface area contributed by atoms with E-state index in [1.165, 1.54) is 68.2 Å². The number of hydrogen-bond acceptors (Lipinski definition) is 12. The van der Waals surface area contributed by atoms with E-state index in [2.05, 4.69) is 46.4 Å². The Morgan fingerprint density at radius 1 is 0.434 bits per heavy atom. The topological polar surface area (TPSA) is 134 Å². The molecule has 0 saturated carbocycles. The van der Waals surface area contributed by atoms with E-state index < -0.39 is 0 Å². The van der Waals surface area contributed by atoms with Gasteiger partial charge in [-0.25, -0.2) is 0 Å². The van der Waals surface area contributed by atoms with Gasteiger partial charge in [-0.1, -0.05) is 152 Å². The number of benzene rings is 3. The lowest BCUT2D eigenvalue weighted by atomic mass is 9.88. The molecule has 1 atom stereocenters. The maximum atomic E-state index is 11.4. The van der Waals surface area contributed by atoms with E-state index in [0.29, 0.717) is 56.2 Å². The molecular formula is C69H110Cl2O12+2. The molecule has 0 aliphatic rings. The smallest absolute Gasteiger partial charge is 0.335 e. The van der Waals surface area contributed by atoms with Crippen molar-refractivity contribution in [3.05, 3.63) is 125 Å². The number of unbranched alkanes of at least 4 members (excludes halogenated alkanes) is 12. The van der Waals surface area contributed by atoms with Crippen molar-refractivity contribution in [1.82, 2.24) is 0 Å². The normalized spacial score (nSPS) is 11.1. The van der Waals surface area contributed by atoms with Gasteiger partial charge in [-0.15, -0.1) is 0 Å². The SMILES string of the molecule is C=C(OCCCCOCCCCOC)c1ccc(C(C)=O)cc1.CC(=O)c1ccc(C(COCCCCOCCCCO[CH+]Cl)C(C)C)cc1.CC(=O)c1ccc(CCOCCCCOCCCCO[CH+]Cl)cc1.CCCCCCCCC. The molecule has 0 fully saturated rings. The van der Waals surface area contributed by atoms with Gasteiger partial charge < -0.3 is 33.2 Å². The first-order valence-electron chi connectivity index (χ1n) is 30.9. The van der Waals surface area contributed by atoms with E-state index in [0.717, 1.165) is 160 Å². The predicted octanol–water partition coefficient (Wildman–Crippen LogP) is 17.9. The highest BCUT2D eigenvalue weighted by molar-refractivity contribution is 6.22. The monoisotopic (exact) mass is 1200 g/mol. The van der Waals surface area contributed by atoms with Crippen LogP contribution in [0.4, 0.5) is 0 Å². The first kappa shape index (κ1) is 79.2. The Bertz CT molecular complexity index is 1940. The second kappa shape index (κ2) is 58.6. The van der Waals surface area contributed by atoms with Gasteiger partial charge in [-0.05, 0) is 121 Å². The van der Waals surface area contributed by atoms with E-state index in [4.69, 9.17) is 65.8 Å². The van der Waals surface area contributed by atoms with Gasteiger partial charge in [0, 0.05) is 94.7 Å². The fourth-order valence-electron chi connectivity index (χ4n) is 7.99. The summed E-state index contributed by atoms with van der Waals surface area (Å²) < 4.78 is 48.7. The Labute approximate surface area is 514 Å². The van der Waals surface area contributed by atoms with Crippen molar-refractivity contribution >= 4 is 46.3 Å². The minimum Gasteiger partial charge on any atom is -0.494 e. The molecule has 1 unspecified atom stereocenters. The van der Waals surface area contributed by atoms with Crippen LogP contribution in [0.3, 0.4) is 0 Å². The van der Waals surface area contributed by atoms with Gasteiger partial charge in [-0.2, -0.15) is 9.47 Å². The van der Waals surface area contributed by atoms with E-state index in [1.807, 2.05) is 48.5 Å². The number of halogens is 2. The minimum atomic E-state index is 0.0605. The quantitative estimate of drug-likeness (QED) is 0.0230. The van der Waals surface area contributed by atoms with Gasteiger partial charge in [0.25, 0.3) is 0 Å². The predicted molar refractivity (Wildman–Crippen MR) is 343 cm³/mol. The molecule has 0 amide bonds. The van der Waals surface area contributed by atoms with Crippen LogP contribution in [-0.4, -0.2) is 117 Å². The van der Waals surface area contributed by atoms with Crippen molar-refractivity contribution < 1.29 is 57.0 Å². The summed E-state index contributed by atoms with van der Waals surface area (Å²) in [6, 6.07) is 25.3. The Balaban J connectivity index is 0.00000113. The van der Waals surface area contributed by atoms with Crippen LogP contribution >= 0.6 is 23.2 Å². The van der Waals surface area contributed by atoms with E-state index in [1.54, 1.807) is 40.0 Å². The molecular weight excluding hydrogens is 1090 g/mol. The second-order valence-electron chi connectivity index (χ2n) is 20.9. The van der Waals surface area contributed by atoms with Gasteiger partial charge in [0.15, 0.2) is 40.6 Å². The van der Waals surface area contributed by atoms with Gasteiger partial charge in [0.1, 0.15) is 19.0 Å². The molecule has 0 bridgehead atoms. The molecule has 83 heavy (non-hydrogen) atoms. The molecule has 0 radical (unpaired) electrons. The number of Topliss-reactive ketones (excluding diaryl/α,β-unsaturated/α-hetero) is 3. The summed E-state index contributed by atoms with van der Waals surface area (Å²) in [7, 11) is 1.71. The van der Waals surface area contributed by atoms with E-state index in [-0.39, 0.29) is 17.3 Å². The largest absolute Gasteiger partial charge is 0.494 e. The first-order chi connectivity index (χ1) is 40.4. The molecule has 0 aliphatic carbocycles. The number of hydrogen-bond donors (Lipinski definition) is 0. The Morgan fingerprint density at radius 3 is 1.16 bits per heavy atom. The second-order valence-corrected chi connectivity index (χ2v) is 21.2.